The molecule has 0 fully saturated rings. The van der Waals surface area contributed by atoms with Crippen LogP contribution in [0.15, 0.2) is 23.5 Å². The molecule has 2 aromatic heterocycles. The fraction of sp³-hybridized carbons (Fsp3) is 0.333. The molecular weight excluding hydrogens is 386 g/mol. The second-order valence-corrected chi connectivity index (χ2v) is 8.83. The number of aliphatic imine (C=N–C) groups is 1. The first kappa shape index (κ1) is 18.1. The lowest BCUT2D eigenvalue weighted by Gasteiger charge is -2.24. The standard InChI is InChI=1S/C21H21N5O2S/c1-26(2)21(28)11-3-4-14-17(7-11)29-20-18(14)19(23-10-24-20)25-15-5-12-8-22-9-13(12)6-16(15)27/h5-6,8,10-11,27H,3-4,7,9H2,1-2H3,(H,23,24,25)/t11-/m0/s1. The van der Waals surface area contributed by atoms with E-state index < -0.39 is 0 Å². The second kappa shape index (κ2) is 6.81. The Hall–Kier alpha value is -3.00. The number of nitrogens with zero attached hydrogens (tertiary/aromatic N) is 4. The molecule has 0 radical (unpaired) electrons. The van der Waals surface area contributed by atoms with Gasteiger partial charge in [0.05, 0.1) is 17.6 Å². The number of aromatic nitrogens is 2. The molecule has 1 aliphatic carbocycles. The minimum atomic E-state index is 0.0231. The van der Waals surface area contributed by atoms with E-state index in [0.29, 0.717) is 18.1 Å². The van der Waals surface area contributed by atoms with E-state index in [2.05, 4.69) is 20.3 Å². The number of rotatable bonds is 3. The van der Waals surface area contributed by atoms with Gasteiger partial charge in [0.2, 0.25) is 5.91 Å². The van der Waals surface area contributed by atoms with E-state index in [4.69, 9.17) is 0 Å². The Bertz CT molecular complexity index is 1170. The van der Waals surface area contributed by atoms with Gasteiger partial charge >= 0.3 is 0 Å². The van der Waals surface area contributed by atoms with Crippen LogP contribution in [0.25, 0.3) is 10.2 Å². The Morgan fingerprint density at radius 3 is 3.00 bits per heavy atom. The number of carbonyl (C=O) groups is 1. The van der Waals surface area contributed by atoms with Gasteiger partial charge in [-0.3, -0.25) is 9.79 Å². The molecule has 0 spiro atoms. The van der Waals surface area contributed by atoms with Gasteiger partial charge in [0.25, 0.3) is 0 Å². The van der Waals surface area contributed by atoms with Crippen LogP contribution < -0.4 is 5.32 Å². The highest BCUT2D eigenvalue weighted by Crippen LogP contribution is 2.41. The largest absolute Gasteiger partial charge is 0.506 e. The van der Waals surface area contributed by atoms with Crippen molar-refractivity contribution in [1.29, 1.82) is 0 Å². The molecule has 2 N–H and O–H groups in total. The van der Waals surface area contributed by atoms with Crippen LogP contribution in [0.2, 0.25) is 0 Å². The number of anilines is 2. The minimum Gasteiger partial charge on any atom is -0.506 e. The fourth-order valence-electron chi connectivity index (χ4n) is 4.16. The molecule has 5 rings (SSSR count). The van der Waals surface area contributed by atoms with Crippen molar-refractivity contribution in [3.63, 3.8) is 0 Å². The predicted molar refractivity (Wildman–Crippen MR) is 114 cm³/mol. The van der Waals surface area contributed by atoms with Crippen molar-refractivity contribution in [3.8, 4) is 5.75 Å². The van der Waals surface area contributed by atoms with Crippen LogP contribution in [0.5, 0.6) is 5.75 Å². The number of nitrogens with one attached hydrogen (secondary N) is 1. The lowest BCUT2D eigenvalue weighted by Crippen LogP contribution is -2.32. The molecule has 8 heteroatoms. The van der Waals surface area contributed by atoms with Gasteiger partial charge in [-0.2, -0.15) is 0 Å². The quantitative estimate of drug-likeness (QED) is 0.651. The lowest BCUT2D eigenvalue weighted by atomic mass is 9.87. The number of amides is 1. The molecule has 1 aliphatic heterocycles. The van der Waals surface area contributed by atoms with Crippen molar-refractivity contribution < 1.29 is 9.90 Å². The highest BCUT2D eigenvalue weighted by molar-refractivity contribution is 7.19. The molecule has 0 saturated heterocycles. The third-order valence-corrected chi connectivity index (χ3v) is 6.80. The Morgan fingerprint density at radius 2 is 2.17 bits per heavy atom. The Labute approximate surface area is 172 Å². The summed E-state index contributed by atoms with van der Waals surface area (Å²) in [6.45, 7) is 0.603. The molecule has 0 bridgehead atoms. The Kier molecular flexibility index (Phi) is 4.24. The van der Waals surface area contributed by atoms with Crippen molar-refractivity contribution in [3.05, 3.63) is 40.0 Å². The van der Waals surface area contributed by atoms with Crippen LogP contribution in [-0.2, 0) is 24.2 Å². The molecule has 7 nitrogen and oxygen atoms in total. The Morgan fingerprint density at radius 1 is 1.31 bits per heavy atom. The smallest absolute Gasteiger partial charge is 0.225 e. The third kappa shape index (κ3) is 3.04. The number of phenolic OH excluding ortho intramolecular Hbond substituents is 1. The lowest BCUT2D eigenvalue weighted by molar-refractivity contribution is -0.133. The summed E-state index contributed by atoms with van der Waals surface area (Å²) < 4.78 is 0. The van der Waals surface area contributed by atoms with Gasteiger partial charge < -0.3 is 15.3 Å². The summed E-state index contributed by atoms with van der Waals surface area (Å²) in [5.74, 6) is 1.08. The number of benzene rings is 1. The first-order valence-electron chi connectivity index (χ1n) is 9.60. The average molecular weight is 407 g/mol. The van der Waals surface area contributed by atoms with E-state index in [9.17, 15) is 9.90 Å². The molecule has 148 valence electrons. The van der Waals surface area contributed by atoms with Crippen molar-refractivity contribution >= 4 is 45.2 Å². The first-order chi connectivity index (χ1) is 14.0. The average Bonchev–Trinajstić information content (AvgIpc) is 3.30. The van der Waals surface area contributed by atoms with Crippen LogP contribution >= 0.6 is 11.3 Å². The van der Waals surface area contributed by atoms with Crippen molar-refractivity contribution in [2.24, 2.45) is 10.9 Å². The van der Waals surface area contributed by atoms with E-state index in [1.807, 2.05) is 26.4 Å². The van der Waals surface area contributed by atoms with Crippen LogP contribution in [0.4, 0.5) is 11.5 Å². The highest BCUT2D eigenvalue weighted by atomic mass is 32.1. The zero-order chi connectivity index (χ0) is 20.1. The monoisotopic (exact) mass is 407 g/mol. The van der Waals surface area contributed by atoms with Crippen LogP contribution in [0, 0.1) is 5.92 Å². The molecule has 1 aromatic carbocycles. The van der Waals surface area contributed by atoms with E-state index in [1.165, 1.54) is 10.4 Å². The summed E-state index contributed by atoms with van der Waals surface area (Å²) in [7, 11) is 3.62. The maximum absolute atomic E-state index is 12.4. The van der Waals surface area contributed by atoms with E-state index in [0.717, 1.165) is 40.6 Å². The van der Waals surface area contributed by atoms with Crippen LogP contribution in [0.1, 0.15) is 28.0 Å². The van der Waals surface area contributed by atoms with Gasteiger partial charge in [-0.15, -0.1) is 11.3 Å². The number of hydrogen-bond acceptors (Lipinski definition) is 7. The molecule has 29 heavy (non-hydrogen) atoms. The first-order valence-corrected chi connectivity index (χ1v) is 10.4. The summed E-state index contributed by atoms with van der Waals surface area (Å²) in [6.07, 6.45) is 5.76. The number of fused-ring (bicyclic) bond motifs is 4. The normalized spacial score (nSPS) is 17.2. The predicted octanol–water partition coefficient (Wildman–Crippen LogP) is 3.27. The Balaban J connectivity index is 1.52. The minimum absolute atomic E-state index is 0.0231. The van der Waals surface area contributed by atoms with E-state index in [1.54, 1.807) is 28.6 Å². The molecule has 3 aromatic rings. The van der Waals surface area contributed by atoms with E-state index in [-0.39, 0.29) is 17.6 Å². The van der Waals surface area contributed by atoms with Gasteiger partial charge in [0.15, 0.2) is 0 Å². The van der Waals surface area contributed by atoms with Crippen LogP contribution in [0.3, 0.4) is 0 Å². The zero-order valence-electron chi connectivity index (χ0n) is 16.3. The molecule has 2 aliphatic rings. The van der Waals surface area contributed by atoms with Gasteiger partial charge in [0, 0.05) is 31.1 Å². The van der Waals surface area contributed by atoms with Crippen molar-refractivity contribution in [1.82, 2.24) is 14.9 Å². The van der Waals surface area contributed by atoms with Gasteiger partial charge in [0.1, 0.15) is 22.7 Å². The maximum Gasteiger partial charge on any atom is 0.225 e. The SMILES string of the molecule is CN(C)C(=O)[C@H]1CCc2c(sc3ncnc(Nc4cc5c(cc4O)CN=C5)c23)C1. The molecule has 0 saturated carbocycles. The summed E-state index contributed by atoms with van der Waals surface area (Å²) in [5.41, 5.74) is 3.85. The topological polar surface area (TPSA) is 90.7 Å². The number of thiophene rings is 1. The molecular formula is C21H21N5O2S. The number of carbonyl (C=O) groups excluding carboxylic acids is 1. The maximum atomic E-state index is 12.4. The molecule has 1 amide bonds. The van der Waals surface area contributed by atoms with E-state index >= 15 is 0 Å². The summed E-state index contributed by atoms with van der Waals surface area (Å²) >= 11 is 1.64. The van der Waals surface area contributed by atoms with Crippen LogP contribution in [-0.4, -0.2) is 46.2 Å². The number of aryl methyl sites for hydroxylation is 1. The molecule has 3 heterocycles. The van der Waals surface area contributed by atoms with Gasteiger partial charge in [-0.05, 0) is 48.1 Å². The van der Waals surface area contributed by atoms with Crippen molar-refractivity contribution in [2.45, 2.75) is 25.8 Å². The van der Waals surface area contributed by atoms with Gasteiger partial charge in [-0.25, -0.2) is 9.97 Å². The number of aromatic hydroxyl groups is 1. The second-order valence-electron chi connectivity index (χ2n) is 7.74. The summed E-state index contributed by atoms with van der Waals surface area (Å²) in [6, 6.07) is 3.66. The number of hydrogen-bond donors (Lipinski definition) is 2. The summed E-state index contributed by atoms with van der Waals surface area (Å²) in [5, 5.41) is 14.7. The summed E-state index contributed by atoms with van der Waals surface area (Å²) in [4.78, 5) is 29.4. The van der Waals surface area contributed by atoms with Gasteiger partial charge in [-0.1, -0.05) is 0 Å². The number of phenols is 1. The van der Waals surface area contributed by atoms with Crippen molar-refractivity contribution in [2.75, 3.05) is 19.4 Å². The molecule has 1 atom stereocenters. The zero-order valence-corrected chi connectivity index (χ0v) is 17.1. The fourth-order valence-corrected chi connectivity index (χ4v) is 5.42. The molecule has 0 unspecified atom stereocenters. The highest BCUT2D eigenvalue weighted by Gasteiger charge is 2.30. The third-order valence-electron chi connectivity index (χ3n) is 5.64.